The Bertz CT molecular complexity index is 1130. The molecule has 0 bridgehead atoms. The second-order valence-corrected chi connectivity index (χ2v) is 9.07. The minimum absolute atomic E-state index is 0.0882. The molecule has 3 rings (SSSR count). The van der Waals surface area contributed by atoms with Gasteiger partial charge in [0.15, 0.2) is 6.61 Å². The van der Waals surface area contributed by atoms with E-state index in [0.717, 1.165) is 22.3 Å². The van der Waals surface area contributed by atoms with Gasteiger partial charge in [-0.25, -0.2) is 4.39 Å². The van der Waals surface area contributed by atoms with E-state index in [1.807, 2.05) is 76.2 Å². The van der Waals surface area contributed by atoms with Crippen LogP contribution in [-0.2, 0) is 22.6 Å². The molecule has 184 valence electrons. The zero-order chi connectivity index (χ0) is 25.4. The molecule has 0 fully saturated rings. The summed E-state index contributed by atoms with van der Waals surface area (Å²) in [6, 6.07) is 20.5. The molecule has 3 aromatic carbocycles. The fraction of sp³-hybridized carbons (Fsp3) is 0.310. The molecule has 0 aromatic heterocycles. The quantitative estimate of drug-likeness (QED) is 0.449. The van der Waals surface area contributed by atoms with Crippen LogP contribution in [0, 0.1) is 19.7 Å². The van der Waals surface area contributed by atoms with E-state index in [4.69, 9.17) is 4.74 Å². The van der Waals surface area contributed by atoms with Gasteiger partial charge in [-0.15, -0.1) is 0 Å². The molecule has 0 saturated carbocycles. The number of nitrogens with one attached hydrogen (secondary N) is 1. The van der Waals surface area contributed by atoms with E-state index in [0.29, 0.717) is 12.2 Å². The third-order valence-electron chi connectivity index (χ3n) is 5.66. The van der Waals surface area contributed by atoms with E-state index in [1.165, 1.54) is 17.0 Å². The summed E-state index contributed by atoms with van der Waals surface area (Å²) >= 11 is 0. The van der Waals surface area contributed by atoms with E-state index in [9.17, 15) is 14.0 Å². The summed E-state index contributed by atoms with van der Waals surface area (Å²) in [4.78, 5) is 28.4. The fourth-order valence-electron chi connectivity index (χ4n) is 3.81. The van der Waals surface area contributed by atoms with Crippen LogP contribution in [0.4, 0.5) is 4.39 Å². The smallest absolute Gasteiger partial charge is 0.261 e. The third kappa shape index (κ3) is 7.67. The largest absolute Gasteiger partial charge is 0.483 e. The predicted molar refractivity (Wildman–Crippen MR) is 136 cm³/mol. The molecule has 0 heterocycles. The van der Waals surface area contributed by atoms with Crippen molar-refractivity contribution in [2.24, 2.45) is 0 Å². The van der Waals surface area contributed by atoms with E-state index in [-0.39, 0.29) is 36.8 Å². The predicted octanol–water partition coefficient (Wildman–Crippen LogP) is 4.99. The van der Waals surface area contributed by atoms with Crippen molar-refractivity contribution in [1.82, 2.24) is 10.2 Å². The summed E-state index contributed by atoms with van der Waals surface area (Å²) in [6.45, 7) is 7.58. The molecule has 5 nitrogen and oxygen atoms in total. The van der Waals surface area contributed by atoms with Crippen molar-refractivity contribution in [3.05, 3.63) is 101 Å². The lowest BCUT2D eigenvalue weighted by Crippen LogP contribution is -2.52. The Labute approximate surface area is 206 Å². The Hall–Kier alpha value is -3.67. The van der Waals surface area contributed by atoms with Gasteiger partial charge in [0.25, 0.3) is 5.91 Å². The summed E-state index contributed by atoms with van der Waals surface area (Å²) in [7, 11) is 0. The Morgan fingerprint density at radius 2 is 1.63 bits per heavy atom. The first kappa shape index (κ1) is 25.9. The molecule has 1 N–H and O–H groups in total. The summed E-state index contributed by atoms with van der Waals surface area (Å²) in [5.74, 6) is -0.296. The molecule has 1 unspecified atom stereocenters. The molecule has 0 aliphatic carbocycles. The Morgan fingerprint density at radius 3 is 2.29 bits per heavy atom. The number of benzene rings is 3. The molecular formula is C29H33FN2O3. The van der Waals surface area contributed by atoms with Gasteiger partial charge in [-0.05, 0) is 68.1 Å². The van der Waals surface area contributed by atoms with Crippen LogP contribution >= 0.6 is 0 Å². The number of amides is 2. The van der Waals surface area contributed by atoms with Crippen molar-refractivity contribution >= 4 is 11.8 Å². The van der Waals surface area contributed by atoms with Crippen molar-refractivity contribution in [3.63, 3.8) is 0 Å². The lowest BCUT2D eigenvalue weighted by molar-refractivity contribution is -0.143. The van der Waals surface area contributed by atoms with Crippen molar-refractivity contribution in [2.45, 2.75) is 52.7 Å². The average molecular weight is 477 g/mol. The van der Waals surface area contributed by atoms with Gasteiger partial charge in [-0.2, -0.15) is 0 Å². The maximum atomic E-state index is 13.6. The molecule has 3 aromatic rings. The van der Waals surface area contributed by atoms with Crippen LogP contribution in [0.2, 0.25) is 0 Å². The topological polar surface area (TPSA) is 58.6 Å². The second-order valence-electron chi connectivity index (χ2n) is 9.07. The van der Waals surface area contributed by atoms with Crippen LogP contribution in [-0.4, -0.2) is 35.4 Å². The van der Waals surface area contributed by atoms with Gasteiger partial charge in [-0.1, -0.05) is 54.6 Å². The van der Waals surface area contributed by atoms with Crippen molar-refractivity contribution in [3.8, 4) is 5.75 Å². The van der Waals surface area contributed by atoms with Crippen molar-refractivity contribution in [1.29, 1.82) is 0 Å². The molecular weight excluding hydrogens is 443 g/mol. The molecule has 0 spiro atoms. The first-order valence-corrected chi connectivity index (χ1v) is 11.8. The fourth-order valence-corrected chi connectivity index (χ4v) is 3.81. The molecule has 1 atom stereocenters. The lowest BCUT2D eigenvalue weighted by atomic mass is 10.0. The molecule has 0 radical (unpaired) electrons. The third-order valence-corrected chi connectivity index (χ3v) is 5.66. The number of nitrogens with zero attached hydrogens (tertiary/aromatic N) is 1. The van der Waals surface area contributed by atoms with Crippen molar-refractivity contribution < 1.29 is 18.7 Å². The van der Waals surface area contributed by atoms with E-state index in [1.54, 1.807) is 12.1 Å². The van der Waals surface area contributed by atoms with Crippen LogP contribution in [0.1, 0.15) is 36.1 Å². The summed E-state index contributed by atoms with van der Waals surface area (Å²) < 4.78 is 19.4. The number of hydrogen-bond acceptors (Lipinski definition) is 3. The van der Waals surface area contributed by atoms with E-state index >= 15 is 0 Å². The summed E-state index contributed by atoms with van der Waals surface area (Å²) in [5, 5.41) is 2.95. The highest BCUT2D eigenvalue weighted by Gasteiger charge is 2.31. The molecule has 0 saturated heterocycles. The zero-order valence-corrected chi connectivity index (χ0v) is 20.8. The molecule has 6 heteroatoms. The normalized spacial score (nSPS) is 11.7. The maximum Gasteiger partial charge on any atom is 0.261 e. The van der Waals surface area contributed by atoms with Crippen LogP contribution in [0.15, 0.2) is 72.8 Å². The van der Waals surface area contributed by atoms with E-state index in [2.05, 4.69) is 5.32 Å². The average Bonchev–Trinajstić information content (AvgIpc) is 2.83. The van der Waals surface area contributed by atoms with Gasteiger partial charge in [0.05, 0.1) is 0 Å². The second kappa shape index (κ2) is 12.2. The molecule has 0 aliphatic heterocycles. The number of ether oxygens (including phenoxy) is 1. The molecule has 35 heavy (non-hydrogen) atoms. The summed E-state index contributed by atoms with van der Waals surface area (Å²) in [5.41, 5.74) is 3.61. The Kier molecular flexibility index (Phi) is 9.01. The number of carbonyl (C=O) groups is 2. The first-order chi connectivity index (χ1) is 16.7. The van der Waals surface area contributed by atoms with Crippen LogP contribution in [0.25, 0.3) is 0 Å². The zero-order valence-electron chi connectivity index (χ0n) is 20.8. The Morgan fingerprint density at radius 1 is 0.943 bits per heavy atom. The first-order valence-electron chi connectivity index (χ1n) is 11.8. The Balaban J connectivity index is 1.91. The highest BCUT2D eigenvalue weighted by atomic mass is 19.1. The van der Waals surface area contributed by atoms with Crippen LogP contribution in [0.3, 0.4) is 0 Å². The highest BCUT2D eigenvalue weighted by Crippen LogP contribution is 2.20. The number of carbonyl (C=O) groups excluding carboxylic acids is 2. The number of aryl methyl sites for hydroxylation is 2. The van der Waals surface area contributed by atoms with Crippen LogP contribution < -0.4 is 10.1 Å². The van der Waals surface area contributed by atoms with Gasteiger partial charge in [-0.3, -0.25) is 9.59 Å². The van der Waals surface area contributed by atoms with Gasteiger partial charge < -0.3 is 15.0 Å². The number of halogens is 1. The highest BCUT2D eigenvalue weighted by molar-refractivity contribution is 5.88. The SMILES string of the molecule is Cc1ccc(C)c(OCC(=O)N(Cc2ccc(F)cc2)C(Cc2ccccc2)C(=O)NC(C)C)c1. The monoisotopic (exact) mass is 476 g/mol. The van der Waals surface area contributed by atoms with Gasteiger partial charge in [0.2, 0.25) is 5.91 Å². The van der Waals surface area contributed by atoms with Crippen molar-refractivity contribution in [2.75, 3.05) is 6.61 Å². The number of rotatable bonds is 10. The lowest BCUT2D eigenvalue weighted by Gasteiger charge is -2.32. The summed E-state index contributed by atoms with van der Waals surface area (Å²) in [6.07, 6.45) is 0.343. The van der Waals surface area contributed by atoms with Gasteiger partial charge in [0.1, 0.15) is 17.6 Å². The maximum absolute atomic E-state index is 13.6. The van der Waals surface area contributed by atoms with Gasteiger partial charge in [0, 0.05) is 19.0 Å². The minimum atomic E-state index is -0.764. The van der Waals surface area contributed by atoms with Crippen LogP contribution in [0.5, 0.6) is 5.75 Å². The number of hydrogen-bond donors (Lipinski definition) is 1. The molecule has 0 aliphatic rings. The van der Waals surface area contributed by atoms with E-state index < -0.39 is 6.04 Å². The van der Waals surface area contributed by atoms with Gasteiger partial charge >= 0.3 is 0 Å². The minimum Gasteiger partial charge on any atom is -0.483 e. The molecule has 2 amide bonds. The standard InChI is InChI=1S/C29H33FN2O3/c1-20(2)31-29(34)26(17-23-8-6-5-7-9-23)32(18-24-12-14-25(30)15-13-24)28(33)19-35-27-16-21(3)10-11-22(27)4/h5-16,20,26H,17-19H2,1-4H3,(H,31,34).